The van der Waals surface area contributed by atoms with Crippen molar-refractivity contribution >= 4 is 11.6 Å². The second kappa shape index (κ2) is 7.34. The number of anilines is 1. The second-order valence-electron chi connectivity index (χ2n) is 7.51. The lowest BCUT2D eigenvalue weighted by atomic mass is 10.0. The topological polar surface area (TPSA) is 36.0 Å². The summed E-state index contributed by atoms with van der Waals surface area (Å²) in [4.78, 5) is 20.3. The third-order valence-electron chi connectivity index (χ3n) is 6.07. The molecule has 1 aromatic carbocycles. The first-order valence-electron chi connectivity index (χ1n) is 9.68. The van der Waals surface area contributed by atoms with E-state index in [1.54, 1.807) is 0 Å². The normalized spacial score (nSPS) is 27.9. The van der Waals surface area contributed by atoms with E-state index in [0.29, 0.717) is 12.1 Å². The standard InChI is InChI=1S/C20H29N3O2/c1-21-10-4-8-18(21)19-9-5-11-23(19)20(24)16-6-2-3-7-17(16)22-12-14-25-15-13-22/h2-3,6-7,18-19H,4-5,8-15H2,1H3/t18-,19+/m0/s1. The zero-order valence-corrected chi connectivity index (χ0v) is 15.2. The molecule has 0 N–H and O–H groups in total. The number of likely N-dealkylation sites (tertiary alicyclic amines) is 2. The number of rotatable bonds is 3. The molecule has 5 heteroatoms. The number of ether oxygens (including phenoxy) is 1. The fraction of sp³-hybridized carbons (Fsp3) is 0.650. The van der Waals surface area contributed by atoms with E-state index in [4.69, 9.17) is 4.74 Å². The number of nitrogens with zero attached hydrogens (tertiary/aromatic N) is 3. The van der Waals surface area contributed by atoms with Crippen molar-refractivity contribution < 1.29 is 9.53 Å². The number of hydrogen-bond donors (Lipinski definition) is 0. The van der Waals surface area contributed by atoms with E-state index >= 15 is 0 Å². The number of carbonyl (C=O) groups excluding carboxylic acids is 1. The van der Waals surface area contributed by atoms with Gasteiger partial charge in [-0.25, -0.2) is 0 Å². The fourth-order valence-electron chi connectivity index (χ4n) is 4.76. The number of carbonyl (C=O) groups is 1. The van der Waals surface area contributed by atoms with Crippen LogP contribution in [0.4, 0.5) is 5.69 Å². The molecular formula is C20H29N3O2. The van der Waals surface area contributed by atoms with Crippen LogP contribution in [0, 0.1) is 0 Å². The van der Waals surface area contributed by atoms with Crippen molar-refractivity contribution in [3.63, 3.8) is 0 Å². The van der Waals surface area contributed by atoms with E-state index in [1.165, 1.54) is 12.8 Å². The van der Waals surface area contributed by atoms with Crippen molar-refractivity contribution in [1.29, 1.82) is 0 Å². The molecule has 0 spiro atoms. The highest BCUT2D eigenvalue weighted by molar-refractivity contribution is 6.00. The van der Waals surface area contributed by atoms with Gasteiger partial charge in [-0.1, -0.05) is 12.1 Å². The van der Waals surface area contributed by atoms with Crippen molar-refractivity contribution in [3.05, 3.63) is 29.8 Å². The van der Waals surface area contributed by atoms with Gasteiger partial charge in [-0.2, -0.15) is 0 Å². The predicted octanol–water partition coefficient (Wildman–Crippen LogP) is 2.22. The number of benzene rings is 1. The molecule has 3 aliphatic rings. The van der Waals surface area contributed by atoms with Gasteiger partial charge in [0.25, 0.3) is 5.91 Å². The predicted molar refractivity (Wildman–Crippen MR) is 99.2 cm³/mol. The lowest BCUT2D eigenvalue weighted by molar-refractivity contribution is 0.0664. The summed E-state index contributed by atoms with van der Waals surface area (Å²) in [7, 11) is 2.21. The van der Waals surface area contributed by atoms with Crippen LogP contribution in [-0.4, -0.2) is 74.2 Å². The maximum Gasteiger partial charge on any atom is 0.256 e. The number of amides is 1. The van der Waals surface area contributed by atoms with Gasteiger partial charge in [0.2, 0.25) is 0 Å². The molecule has 4 rings (SSSR count). The summed E-state index contributed by atoms with van der Waals surface area (Å²) in [6.45, 7) is 5.25. The molecule has 2 atom stereocenters. The summed E-state index contributed by atoms with van der Waals surface area (Å²) in [6, 6.07) is 9.02. The van der Waals surface area contributed by atoms with Crippen LogP contribution in [-0.2, 0) is 4.74 Å². The average Bonchev–Trinajstić information content (AvgIpc) is 3.30. The zero-order valence-electron chi connectivity index (χ0n) is 15.2. The van der Waals surface area contributed by atoms with E-state index in [1.807, 2.05) is 18.2 Å². The Labute approximate surface area is 150 Å². The Bertz CT molecular complexity index is 615. The molecule has 136 valence electrons. The van der Waals surface area contributed by atoms with Gasteiger partial charge in [-0.3, -0.25) is 4.79 Å². The molecule has 25 heavy (non-hydrogen) atoms. The van der Waals surface area contributed by atoms with Crippen molar-refractivity contribution in [2.45, 2.75) is 37.8 Å². The third-order valence-corrected chi connectivity index (χ3v) is 6.07. The molecule has 3 fully saturated rings. The van der Waals surface area contributed by atoms with Gasteiger partial charge in [0.15, 0.2) is 0 Å². The zero-order chi connectivity index (χ0) is 17.2. The summed E-state index contributed by atoms with van der Waals surface area (Å²) < 4.78 is 5.48. The Hall–Kier alpha value is -1.59. The minimum absolute atomic E-state index is 0.213. The van der Waals surface area contributed by atoms with Gasteiger partial charge in [0.1, 0.15) is 0 Å². The van der Waals surface area contributed by atoms with Crippen LogP contribution in [0.15, 0.2) is 24.3 Å². The van der Waals surface area contributed by atoms with E-state index in [0.717, 1.165) is 63.5 Å². The summed E-state index contributed by atoms with van der Waals surface area (Å²) in [5.74, 6) is 0.213. The van der Waals surface area contributed by atoms with E-state index in [9.17, 15) is 4.79 Å². The molecule has 0 aliphatic carbocycles. The highest BCUT2D eigenvalue weighted by Crippen LogP contribution is 2.32. The SMILES string of the molecule is CN1CCC[C@H]1[C@H]1CCCN1C(=O)c1ccccc1N1CCOCC1. The smallest absolute Gasteiger partial charge is 0.256 e. The van der Waals surface area contributed by atoms with Gasteiger partial charge in [-0.05, 0) is 51.4 Å². The van der Waals surface area contributed by atoms with Gasteiger partial charge in [-0.15, -0.1) is 0 Å². The first-order chi connectivity index (χ1) is 12.3. The van der Waals surface area contributed by atoms with Crippen LogP contribution in [0.1, 0.15) is 36.0 Å². The molecule has 1 aromatic rings. The quantitative estimate of drug-likeness (QED) is 0.843. The highest BCUT2D eigenvalue weighted by atomic mass is 16.5. The average molecular weight is 343 g/mol. The Morgan fingerprint density at radius 2 is 1.72 bits per heavy atom. The molecule has 0 saturated carbocycles. The number of para-hydroxylation sites is 1. The Balaban J connectivity index is 1.58. The Morgan fingerprint density at radius 1 is 1.00 bits per heavy atom. The molecule has 3 heterocycles. The van der Waals surface area contributed by atoms with Crippen LogP contribution >= 0.6 is 0 Å². The van der Waals surface area contributed by atoms with Gasteiger partial charge in [0.05, 0.1) is 18.8 Å². The minimum Gasteiger partial charge on any atom is -0.378 e. The van der Waals surface area contributed by atoms with Crippen LogP contribution in [0.25, 0.3) is 0 Å². The molecule has 0 aromatic heterocycles. The molecule has 0 radical (unpaired) electrons. The maximum atomic E-state index is 13.4. The summed E-state index contributed by atoms with van der Waals surface area (Å²) in [5.41, 5.74) is 1.93. The van der Waals surface area contributed by atoms with Crippen molar-refractivity contribution in [2.24, 2.45) is 0 Å². The molecule has 0 bridgehead atoms. The van der Waals surface area contributed by atoms with Crippen molar-refractivity contribution in [2.75, 3.05) is 51.3 Å². The largest absolute Gasteiger partial charge is 0.378 e. The molecule has 3 aliphatic heterocycles. The van der Waals surface area contributed by atoms with Gasteiger partial charge < -0.3 is 19.4 Å². The third kappa shape index (κ3) is 3.27. The van der Waals surface area contributed by atoms with E-state index < -0.39 is 0 Å². The fourth-order valence-corrected chi connectivity index (χ4v) is 4.76. The number of likely N-dealkylation sites (N-methyl/N-ethyl adjacent to an activating group) is 1. The van der Waals surface area contributed by atoms with Crippen molar-refractivity contribution in [3.8, 4) is 0 Å². The highest BCUT2D eigenvalue weighted by Gasteiger charge is 2.39. The Kier molecular flexibility index (Phi) is 4.95. The maximum absolute atomic E-state index is 13.4. The van der Waals surface area contributed by atoms with E-state index in [-0.39, 0.29) is 5.91 Å². The lowest BCUT2D eigenvalue weighted by Crippen LogP contribution is -2.47. The lowest BCUT2D eigenvalue weighted by Gasteiger charge is -2.35. The van der Waals surface area contributed by atoms with Crippen molar-refractivity contribution in [1.82, 2.24) is 9.80 Å². The van der Waals surface area contributed by atoms with Gasteiger partial charge >= 0.3 is 0 Å². The minimum atomic E-state index is 0.213. The number of morpholine rings is 1. The molecular weight excluding hydrogens is 314 g/mol. The molecule has 3 saturated heterocycles. The van der Waals surface area contributed by atoms with Crippen LogP contribution in [0.5, 0.6) is 0 Å². The number of hydrogen-bond acceptors (Lipinski definition) is 4. The van der Waals surface area contributed by atoms with Crippen LogP contribution in [0.3, 0.4) is 0 Å². The van der Waals surface area contributed by atoms with E-state index in [2.05, 4.69) is 27.8 Å². The molecule has 0 unspecified atom stereocenters. The van der Waals surface area contributed by atoms with Gasteiger partial charge in [0, 0.05) is 37.4 Å². The summed E-state index contributed by atoms with van der Waals surface area (Å²) >= 11 is 0. The van der Waals surface area contributed by atoms with Crippen LogP contribution in [0.2, 0.25) is 0 Å². The Morgan fingerprint density at radius 3 is 2.48 bits per heavy atom. The monoisotopic (exact) mass is 343 g/mol. The first-order valence-corrected chi connectivity index (χ1v) is 9.68. The van der Waals surface area contributed by atoms with Crippen LogP contribution < -0.4 is 4.90 Å². The summed E-state index contributed by atoms with van der Waals surface area (Å²) in [5, 5.41) is 0. The first kappa shape index (κ1) is 16.9. The second-order valence-corrected chi connectivity index (χ2v) is 7.51. The molecule has 1 amide bonds. The summed E-state index contributed by atoms with van der Waals surface area (Å²) in [6.07, 6.45) is 4.74. The molecule has 5 nitrogen and oxygen atoms in total.